The second kappa shape index (κ2) is 8.94. The summed E-state index contributed by atoms with van der Waals surface area (Å²) in [4.78, 5) is 9.83. The van der Waals surface area contributed by atoms with Gasteiger partial charge in [-0.25, -0.2) is 0 Å². The van der Waals surface area contributed by atoms with Crippen molar-refractivity contribution in [2.75, 3.05) is 14.2 Å². The van der Waals surface area contributed by atoms with Crippen molar-refractivity contribution in [2.24, 2.45) is 21.3 Å². The Labute approximate surface area is 182 Å². The first-order valence-corrected chi connectivity index (χ1v) is 11.3. The summed E-state index contributed by atoms with van der Waals surface area (Å²) in [6.07, 6.45) is 5.51. The number of ether oxygens (including phenoxy) is 1. The van der Waals surface area contributed by atoms with Crippen LogP contribution in [0, 0.1) is 23.2 Å². The van der Waals surface area contributed by atoms with E-state index in [1.165, 1.54) is 11.1 Å². The lowest BCUT2D eigenvalue weighted by Crippen LogP contribution is -2.54. The first-order valence-electron chi connectivity index (χ1n) is 11.3. The lowest BCUT2D eigenvalue weighted by molar-refractivity contribution is -0.00510. The quantitative estimate of drug-likeness (QED) is 0.706. The van der Waals surface area contributed by atoms with Gasteiger partial charge >= 0.3 is 0 Å². The Morgan fingerprint density at radius 1 is 1.30 bits per heavy atom. The van der Waals surface area contributed by atoms with Crippen molar-refractivity contribution in [1.29, 1.82) is 0 Å². The Balaban J connectivity index is 2.18. The fraction of sp³-hybridized carbons (Fsp3) is 0.615. The molecule has 1 aliphatic carbocycles. The third-order valence-electron chi connectivity index (χ3n) is 6.83. The van der Waals surface area contributed by atoms with E-state index in [1.54, 1.807) is 0 Å². The van der Waals surface area contributed by atoms with E-state index >= 15 is 0 Å². The van der Waals surface area contributed by atoms with Crippen LogP contribution in [-0.4, -0.2) is 31.8 Å². The van der Waals surface area contributed by atoms with Gasteiger partial charge in [0.05, 0.1) is 11.8 Å². The van der Waals surface area contributed by atoms with Crippen LogP contribution in [0.15, 0.2) is 28.2 Å². The molecular formula is C26H37N3O. The first kappa shape index (κ1) is 22.6. The summed E-state index contributed by atoms with van der Waals surface area (Å²) in [5, 5.41) is 3.79. The fourth-order valence-corrected chi connectivity index (χ4v) is 4.90. The zero-order valence-electron chi connectivity index (χ0n) is 19.7. The van der Waals surface area contributed by atoms with Gasteiger partial charge in [0.15, 0.2) is 5.66 Å². The van der Waals surface area contributed by atoms with Crippen molar-refractivity contribution < 1.29 is 4.74 Å². The molecule has 1 heterocycles. The molecule has 0 saturated heterocycles. The molecular weight excluding hydrogens is 370 g/mol. The molecule has 0 amide bonds. The van der Waals surface area contributed by atoms with Gasteiger partial charge in [0, 0.05) is 36.6 Å². The van der Waals surface area contributed by atoms with Crippen LogP contribution < -0.4 is 5.32 Å². The minimum Gasteiger partial charge on any atom is -0.381 e. The molecule has 1 fully saturated rings. The van der Waals surface area contributed by atoms with Crippen molar-refractivity contribution in [3.8, 4) is 11.8 Å². The van der Waals surface area contributed by atoms with Crippen molar-refractivity contribution in [3.05, 3.63) is 34.9 Å². The Kier molecular flexibility index (Phi) is 6.72. The van der Waals surface area contributed by atoms with Crippen molar-refractivity contribution in [1.82, 2.24) is 5.32 Å². The van der Waals surface area contributed by atoms with E-state index in [-0.39, 0.29) is 5.41 Å². The molecule has 1 atom stereocenters. The largest absolute Gasteiger partial charge is 0.381 e. The molecule has 0 spiro atoms. The monoisotopic (exact) mass is 407 g/mol. The predicted molar refractivity (Wildman–Crippen MR) is 126 cm³/mol. The van der Waals surface area contributed by atoms with Crippen molar-refractivity contribution >= 4 is 11.5 Å². The molecule has 1 saturated carbocycles. The number of nitrogens with zero attached hydrogens (tertiary/aromatic N) is 2. The molecule has 1 aliphatic heterocycles. The van der Waals surface area contributed by atoms with Gasteiger partial charge in [-0.1, -0.05) is 45.6 Å². The van der Waals surface area contributed by atoms with Gasteiger partial charge in [0.25, 0.3) is 0 Å². The summed E-state index contributed by atoms with van der Waals surface area (Å²) in [5.74, 6) is 7.92. The highest BCUT2D eigenvalue weighted by molar-refractivity contribution is 6.42. The molecule has 0 aromatic heterocycles. The molecule has 4 heteroatoms. The molecule has 3 rings (SSSR count). The number of hydrogen-bond acceptors (Lipinski definition) is 3. The minimum atomic E-state index is -0.522. The third-order valence-corrected chi connectivity index (χ3v) is 6.83. The first-order chi connectivity index (χ1) is 14.3. The molecule has 1 N–H and O–H groups in total. The van der Waals surface area contributed by atoms with Crippen LogP contribution in [0.4, 0.5) is 0 Å². The Hall–Kier alpha value is -2.12. The smallest absolute Gasteiger partial charge is 0.162 e. The lowest BCUT2D eigenvalue weighted by Gasteiger charge is -2.49. The summed E-state index contributed by atoms with van der Waals surface area (Å²) in [6.45, 7) is 10.9. The van der Waals surface area contributed by atoms with Gasteiger partial charge in [-0.15, -0.1) is 0 Å². The van der Waals surface area contributed by atoms with E-state index < -0.39 is 5.66 Å². The third kappa shape index (κ3) is 4.05. The van der Waals surface area contributed by atoms with Gasteiger partial charge in [0.1, 0.15) is 5.84 Å². The van der Waals surface area contributed by atoms with E-state index in [2.05, 4.69) is 75.0 Å². The molecule has 4 nitrogen and oxygen atoms in total. The summed E-state index contributed by atoms with van der Waals surface area (Å²) in [6, 6.07) is 6.65. The van der Waals surface area contributed by atoms with Crippen LogP contribution >= 0.6 is 0 Å². The number of benzene rings is 1. The number of nitrogens with one attached hydrogen (secondary N) is 1. The molecule has 162 valence electrons. The minimum absolute atomic E-state index is 0.0379. The van der Waals surface area contributed by atoms with E-state index in [9.17, 15) is 0 Å². The zero-order chi connectivity index (χ0) is 21.9. The molecule has 0 bridgehead atoms. The second-order valence-corrected chi connectivity index (χ2v) is 9.25. The second-order valence-electron chi connectivity index (χ2n) is 9.25. The molecule has 1 aromatic rings. The van der Waals surface area contributed by atoms with E-state index in [0.29, 0.717) is 12.0 Å². The highest BCUT2D eigenvalue weighted by atomic mass is 16.5. The highest BCUT2D eigenvalue weighted by Gasteiger charge is 2.54. The van der Waals surface area contributed by atoms with E-state index in [0.717, 1.165) is 49.2 Å². The maximum Gasteiger partial charge on any atom is 0.162 e. The van der Waals surface area contributed by atoms with E-state index in [1.807, 2.05) is 14.2 Å². The number of aryl methyl sites for hydroxylation is 1. The molecule has 0 radical (unpaired) electrons. The van der Waals surface area contributed by atoms with Crippen LogP contribution in [-0.2, 0) is 16.8 Å². The van der Waals surface area contributed by atoms with Gasteiger partial charge < -0.3 is 10.1 Å². The number of amidine groups is 1. The molecule has 30 heavy (non-hydrogen) atoms. The van der Waals surface area contributed by atoms with Crippen LogP contribution in [0.1, 0.15) is 77.0 Å². The summed E-state index contributed by atoms with van der Waals surface area (Å²) < 4.78 is 5.67. The Bertz CT molecular complexity index is 895. The van der Waals surface area contributed by atoms with Crippen LogP contribution in [0.2, 0.25) is 0 Å². The summed E-state index contributed by atoms with van der Waals surface area (Å²) >= 11 is 0. The molecule has 1 aromatic carbocycles. The van der Waals surface area contributed by atoms with Gasteiger partial charge in [-0.2, -0.15) is 0 Å². The number of hydrogen-bond donors (Lipinski definition) is 1. The fourth-order valence-electron chi connectivity index (χ4n) is 4.90. The van der Waals surface area contributed by atoms with Crippen LogP contribution in [0.5, 0.6) is 0 Å². The number of methoxy groups -OCH3 is 1. The lowest BCUT2D eigenvalue weighted by atomic mass is 9.63. The van der Waals surface area contributed by atoms with Crippen molar-refractivity contribution in [3.63, 3.8) is 0 Å². The predicted octanol–water partition coefficient (Wildman–Crippen LogP) is 5.10. The van der Waals surface area contributed by atoms with Crippen LogP contribution in [0.3, 0.4) is 0 Å². The van der Waals surface area contributed by atoms with Crippen LogP contribution in [0.25, 0.3) is 0 Å². The Morgan fingerprint density at radius 3 is 2.53 bits per heavy atom. The van der Waals surface area contributed by atoms with Crippen molar-refractivity contribution in [2.45, 2.75) is 78.5 Å². The van der Waals surface area contributed by atoms with Gasteiger partial charge in [-0.05, 0) is 56.7 Å². The molecule has 2 aliphatic rings. The van der Waals surface area contributed by atoms with Gasteiger partial charge in [0.2, 0.25) is 0 Å². The SMILES string of the molecule is CCc1ccc(C#CC(C)C)cc1C1(C2(C)CCC(OC)CC2)N=C(C)C(=NC)N1. The highest BCUT2D eigenvalue weighted by Crippen LogP contribution is 2.53. The topological polar surface area (TPSA) is 46.0 Å². The summed E-state index contributed by atoms with van der Waals surface area (Å²) in [7, 11) is 3.67. The maximum absolute atomic E-state index is 5.67. The Morgan fingerprint density at radius 2 is 2.00 bits per heavy atom. The van der Waals surface area contributed by atoms with Gasteiger partial charge in [-0.3, -0.25) is 9.98 Å². The average Bonchev–Trinajstić information content (AvgIpc) is 3.10. The zero-order valence-corrected chi connectivity index (χ0v) is 19.7. The summed E-state index contributed by atoms with van der Waals surface area (Å²) in [5.41, 5.74) is 4.04. The number of rotatable bonds is 4. The standard InChI is InChI=1S/C26H37N3O/c1-8-21-12-11-20(10-9-18(2)3)17-23(21)26(28-19(4)24(27-6)29-26)25(5)15-13-22(30-7)14-16-25/h11-12,17-18,22H,8,13-16H2,1-7H3,(H,27,29). The number of aliphatic imine (C=N–C) groups is 2. The maximum atomic E-state index is 5.67. The normalized spacial score (nSPS) is 30.1. The molecule has 1 unspecified atom stereocenters. The van der Waals surface area contributed by atoms with E-state index in [4.69, 9.17) is 9.73 Å². The average molecular weight is 408 g/mol.